The van der Waals surface area contributed by atoms with E-state index >= 15 is 0 Å². The number of rotatable bonds is 5. The lowest BCUT2D eigenvalue weighted by atomic mass is 10.0. The van der Waals surface area contributed by atoms with Crippen molar-refractivity contribution in [1.29, 1.82) is 0 Å². The van der Waals surface area contributed by atoms with E-state index in [1.165, 1.54) is 12.1 Å². The molecule has 2 aromatic carbocycles. The highest BCUT2D eigenvalue weighted by Gasteiger charge is 2.31. The van der Waals surface area contributed by atoms with Gasteiger partial charge in [-0.1, -0.05) is 53.2 Å². The van der Waals surface area contributed by atoms with Crippen LogP contribution in [-0.4, -0.2) is 35.4 Å². The third-order valence-corrected chi connectivity index (χ3v) is 5.25. The fourth-order valence-corrected chi connectivity index (χ4v) is 3.28. The first kappa shape index (κ1) is 22.4. The molecule has 0 saturated carbocycles. The minimum absolute atomic E-state index is 0.00168. The van der Waals surface area contributed by atoms with Crippen LogP contribution in [0.1, 0.15) is 38.3 Å². The van der Waals surface area contributed by atoms with Crippen molar-refractivity contribution in [3.05, 3.63) is 70.5 Å². The Bertz CT molecular complexity index is 726. The summed E-state index contributed by atoms with van der Waals surface area (Å²) in [5.41, 5.74) is 1.09. The minimum atomic E-state index is -0.258. The van der Waals surface area contributed by atoms with Crippen molar-refractivity contribution < 1.29 is 19.0 Å². The molecule has 1 aliphatic heterocycles. The Labute approximate surface area is 174 Å². The van der Waals surface area contributed by atoms with Gasteiger partial charge in [0.15, 0.2) is 0 Å². The summed E-state index contributed by atoms with van der Waals surface area (Å²) in [6, 6.07) is 15.9. The van der Waals surface area contributed by atoms with Gasteiger partial charge in [-0.3, -0.25) is 0 Å². The summed E-state index contributed by atoms with van der Waals surface area (Å²) >= 11 is 3.41. The number of amides is 1. The van der Waals surface area contributed by atoms with Crippen molar-refractivity contribution in [3.8, 4) is 0 Å². The lowest BCUT2D eigenvalue weighted by Crippen LogP contribution is -2.43. The molecule has 152 valence electrons. The average Bonchev–Trinajstić information content (AvgIpc) is 2.69. The molecule has 3 atom stereocenters. The molecule has 1 aliphatic rings. The maximum Gasteiger partial charge on any atom is 0.410 e. The van der Waals surface area contributed by atoms with Crippen LogP contribution in [0.2, 0.25) is 0 Å². The summed E-state index contributed by atoms with van der Waals surface area (Å²) in [6.45, 7) is 4.80. The molecule has 28 heavy (non-hydrogen) atoms. The van der Waals surface area contributed by atoms with Crippen molar-refractivity contribution in [2.45, 2.75) is 38.8 Å². The normalized spacial score (nSPS) is 18.5. The van der Waals surface area contributed by atoms with Crippen LogP contribution in [0, 0.1) is 11.7 Å². The number of aliphatic hydroxyl groups excluding tert-OH is 1. The Morgan fingerprint density at radius 1 is 1.18 bits per heavy atom. The average molecular weight is 452 g/mol. The number of carbonyl (C=O) groups is 1. The molecule has 1 amide bonds. The zero-order valence-electron chi connectivity index (χ0n) is 16.2. The fraction of sp³-hybridized carbons (Fsp3) is 0.409. The quantitative estimate of drug-likeness (QED) is 0.646. The van der Waals surface area contributed by atoms with E-state index in [4.69, 9.17) is 9.84 Å². The Hall–Kier alpha value is -1.92. The maximum absolute atomic E-state index is 12.2. The van der Waals surface area contributed by atoms with Crippen LogP contribution in [0.25, 0.3) is 0 Å². The molecule has 0 aromatic heterocycles. The number of hydrogen-bond acceptors (Lipinski definition) is 3. The van der Waals surface area contributed by atoms with Gasteiger partial charge in [0.25, 0.3) is 0 Å². The van der Waals surface area contributed by atoms with Gasteiger partial charge in [-0.25, -0.2) is 9.18 Å². The molecule has 0 radical (unpaired) electrons. The van der Waals surface area contributed by atoms with E-state index in [1.54, 1.807) is 23.1 Å². The highest BCUT2D eigenvalue weighted by atomic mass is 79.9. The zero-order valence-corrected chi connectivity index (χ0v) is 17.8. The predicted octanol–water partition coefficient (Wildman–Crippen LogP) is 5.57. The molecule has 2 aromatic rings. The van der Waals surface area contributed by atoms with Gasteiger partial charge in [-0.15, -0.1) is 0 Å². The van der Waals surface area contributed by atoms with Gasteiger partial charge < -0.3 is 14.7 Å². The number of halogens is 2. The Morgan fingerprint density at radius 3 is 2.32 bits per heavy atom. The summed E-state index contributed by atoms with van der Waals surface area (Å²) in [4.78, 5) is 14.0. The van der Waals surface area contributed by atoms with E-state index in [-0.39, 0.29) is 36.6 Å². The summed E-state index contributed by atoms with van der Waals surface area (Å²) in [6.07, 6.45) is 1.21. The van der Waals surface area contributed by atoms with Crippen molar-refractivity contribution in [1.82, 2.24) is 4.90 Å². The summed E-state index contributed by atoms with van der Waals surface area (Å²) in [5.74, 6) is -0.0132. The van der Waals surface area contributed by atoms with E-state index in [0.717, 1.165) is 22.9 Å². The number of nitrogens with zero attached hydrogens (tertiary/aromatic N) is 1. The molecule has 1 saturated heterocycles. The Balaban J connectivity index is 0.000000336. The van der Waals surface area contributed by atoms with Crippen LogP contribution < -0.4 is 0 Å². The first-order valence-corrected chi connectivity index (χ1v) is 10.2. The van der Waals surface area contributed by atoms with Crippen molar-refractivity contribution >= 4 is 22.0 Å². The third kappa shape index (κ3) is 6.91. The van der Waals surface area contributed by atoms with Gasteiger partial charge in [0, 0.05) is 24.0 Å². The number of carbonyl (C=O) groups excluding carboxylic acids is 1. The third-order valence-electron chi connectivity index (χ3n) is 4.72. The molecule has 0 spiro atoms. The van der Waals surface area contributed by atoms with Gasteiger partial charge in [0.2, 0.25) is 0 Å². The van der Waals surface area contributed by atoms with E-state index in [0.29, 0.717) is 6.54 Å². The Morgan fingerprint density at radius 2 is 1.82 bits per heavy atom. The van der Waals surface area contributed by atoms with Crippen molar-refractivity contribution in [2.75, 3.05) is 13.2 Å². The topological polar surface area (TPSA) is 49.8 Å². The van der Waals surface area contributed by atoms with Crippen LogP contribution in [0.3, 0.4) is 0 Å². The standard InChI is InChI=1S/C16H22BrNO3.C6H5F/c1-11(10-19)9-15-7-8-18(16(20)21-15)12(2)13-3-5-14(17)6-4-13;7-6-4-2-1-3-5-6/h3-6,11-12,15,19H,7-10H2,1-2H3;1-5H. The van der Waals surface area contributed by atoms with E-state index in [2.05, 4.69) is 15.9 Å². The lowest BCUT2D eigenvalue weighted by molar-refractivity contribution is 0.00105. The monoisotopic (exact) mass is 451 g/mol. The molecule has 1 fully saturated rings. The van der Waals surface area contributed by atoms with E-state index in [9.17, 15) is 9.18 Å². The second-order valence-electron chi connectivity index (χ2n) is 7.03. The van der Waals surface area contributed by atoms with Gasteiger partial charge in [0.05, 0.1) is 6.04 Å². The molecule has 3 rings (SSSR count). The molecule has 1 heterocycles. The number of hydrogen-bond donors (Lipinski definition) is 1. The lowest BCUT2D eigenvalue weighted by Gasteiger charge is -2.36. The van der Waals surface area contributed by atoms with Crippen LogP contribution in [-0.2, 0) is 4.74 Å². The van der Waals surface area contributed by atoms with Gasteiger partial charge in [0.1, 0.15) is 11.9 Å². The number of aliphatic hydroxyl groups is 1. The second-order valence-corrected chi connectivity index (χ2v) is 7.95. The van der Waals surface area contributed by atoms with E-state index < -0.39 is 0 Å². The highest BCUT2D eigenvalue weighted by Crippen LogP contribution is 2.27. The number of cyclic esters (lactones) is 1. The first-order valence-electron chi connectivity index (χ1n) is 9.44. The molecule has 0 bridgehead atoms. The van der Waals surface area contributed by atoms with Crippen LogP contribution in [0.15, 0.2) is 59.1 Å². The van der Waals surface area contributed by atoms with Crippen molar-refractivity contribution in [2.24, 2.45) is 5.92 Å². The van der Waals surface area contributed by atoms with Crippen LogP contribution in [0.5, 0.6) is 0 Å². The first-order chi connectivity index (χ1) is 13.4. The smallest absolute Gasteiger partial charge is 0.410 e. The maximum atomic E-state index is 12.2. The van der Waals surface area contributed by atoms with E-state index in [1.807, 2.05) is 38.1 Å². The molecular formula is C22H27BrFNO3. The fourth-order valence-electron chi connectivity index (χ4n) is 3.02. The summed E-state index contributed by atoms with van der Waals surface area (Å²) in [5, 5.41) is 9.09. The summed E-state index contributed by atoms with van der Waals surface area (Å²) < 4.78 is 18.4. The van der Waals surface area contributed by atoms with Crippen LogP contribution >= 0.6 is 15.9 Å². The molecule has 4 nitrogen and oxygen atoms in total. The summed E-state index contributed by atoms with van der Waals surface area (Å²) in [7, 11) is 0. The highest BCUT2D eigenvalue weighted by molar-refractivity contribution is 9.10. The Kier molecular flexibility index (Phi) is 8.93. The number of benzene rings is 2. The largest absolute Gasteiger partial charge is 0.446 e. The van der Waals surface area contributed by atoms with Gasteiger partial charge in [-0.05, 0) is 49.1 Å². The van der Waals surface area contributed by atoms with Crippen molar-refractivity contribution in [3.63, 3.8) is 0 Å². The molecule has 0 aliphatic carbocycles. The molecule has 6 heteroatoms. The molecule has 1 N–H and O–H groups in total. The number of ether oxygens (including phenoxy) is 1. The predicted molar refractivity (Wildman–Crippen MR) is 111 cm³/mol. The van der Waals surface area contributed by atoms with Crippen LogP contribution in [0.4, 0.5) is 9.18 Å². The molecule has 3 unspecified atom stereocenters. The van der Waals surface area contributed by atoms with Gasteiger partial charge in [-0.2, -0.15) is 0 Å². The van der Waals surface area contributed by atoms with Gasteiger partial charge >= 0.3 is 6.09 Å². The second kappa shape index (κ2) is 11.2. The molecular weight excluding hydrogens is 425 g/mol. The minimum Gasteiger partial charge on any atom is -0.446 e. The zero-order chi connectivity index (χ0) is 20.5. The SMILES string of the molecule is CC(CO)CC1CCN(C(C)c2ccc(Br)cc2)C(=O)O1.Fc1ccccc1.